The van der Waals surface area contributed by atoms with Crippen molar-refractivity contribution in [1.82, 2.24) is 10.6 Å². The van der Waals surface area contributed by atoms with Crippen molar-refractivity contribution in [2.24, 2.45) is 4.99 Å². The SMILES string of the molecule is CCNC(=NCC(C)(C)OC)NCCCNc1ccccc1. The molecule has 0 amide bonds. The fourth-order valence-corrected chi connectivity index (χ4v) is 1.76. The van der Waals surface area contributed by atoms with Crippen molar-refractivity contribution in [3.63, 3.8) is 0 Å². The van der Waals surface area contributed by atoms with Gasteiger partial charge in [-0.15, -0.1) is 0 Å². The summed E-state index contributed by atoms with van der Waals surface area (Å²) in [6, 6.07) is 10.2. The third-order valence-electron chi connectivity index (χ3n) is 3.26. The lowest BCUT2D eigenvalue weighted by Gasteiger charge is -2.21. The first kappa shape index (κ1) is 18.3. The van der Waals surface area contributed by atoms with Crippen LogP contribution in [0, 0.1) is 0 Å². The third-order valence-corrected chi connectivity index (χ3v) is 3.26. The van der Waals surface area contributed by atoms with Crippen LogP contribution in [0.4, 0.5) is 5.69 Å². The lowest BCUT2D eigenvalue weighted by Crippen LogP contribution is -2.39. The molecule has 22 heavy (non-hydrogen) atoms. The highest BCUT2D eigenvalue weighted by atomic mass is 16.5. The molecule has 0 atom stereocenters. The molecule has 0 saturated heterocycles. The van der Waals surface area contributed by atoms with Gasteiger partial charge in [0.15, 0.2) is 5.96 Å². The molecule has 0 saturated carbocycles. The second-order valence-electron chi connectivity index (χ2n) is 5.73. The number of nitrogens with zero attached hydrogens (tertiary/aromatic N) is 1. The summed E-state index contributed by atoms with van der Waals surface area (Å²) in [5.74, 6) is 0.840. The van der Waals surface area contributed by atoms with E-state index in [-0.39, 0.29) is 5.60 Å². The van der Waals surface area contributed by atoms with Gasteiger partial charge in [0.25, 0.3) is 0 Å². The quantitative estimate of drug-likeness (QED) is 0.373. The molecule has 1 aromatic rings. The van der Waals surface area contributed by atoms with Crippen LogP contribution in [0.5, 0.6) is 0 Å². The van der Waals surface area contributed by atoms with Crippen molar-refractivity contribution >= 4 is 11.6 Å². The molecule has 0 radical (unpaired) electrons. The molecule has 0 bridgehead atoms. The zero-order valence-corrected chi connectivity index (χ0v) is 14.3. The summed E-state index contributed by atoms with van der Waals surface area (Å²) >= 11 is 0. The van der Waals surface area contributed by atoms with Gasteiger partial charge < -0.3 is 20.7 Å². The number of nitrogens with one attached hydrogen (secondary N) is 3. The van der Waals surface area contributed by atoms with Crippen molar-refractivity contribution < 1.29 is 4.74 Å². The smallest absolute Gasteiger partial charge is 0.191 e. The van der Waals surface area contributed by atoms with E-state index in [1.807, 2.05) is 32.0 Å². The van der Waals surface area contributed by atoms with Gasteiger partial charge in [-0.1, -0.05) is 18.2 Å². The highest BCUT2D eigenvalue weighted by molar-refractivity contribution is 5.79. The molecule has 124 valence electrons. The van der Waals surface area contributed by atoms with E-state index in [0.29, 0.717) is 6.54 Å². The molecular weight excluding hydrogens is 276 g/mol. The molecule has 5 heteroatoms. The van der Waals surface area contributed by atoms with Gasteiger partial charge in [-0.05, 0) is 39.3 Å². The summed E-state index contributed by atoms with van der Waals surface area (Å²) in [5.41, 5.74) is 0.918. The van der Waals surface area contributed by atoms with Gasteiger partial charge in [0, 0.05) is 32.4 Å². The van der Waals surface area contributed by atoms with E-state index >= 15 is 0 Å². The van der Waals surface area contributed by atoms with Gasteiger partial charge in [-0.25, -0.2) is 0 Å². The first-order valence-electron chi connectivity index (χ1n) is 7.93. The first-order valence-corrected chi connectivity index (χ1v) is 7.93. The Labute approximate surface area is 134 Å². The standard InChI is InChI=1S/C17H30N4O/c1-5-18-16(21-14-17(2,3)22-4)20-13-9-12-19-15-10-7-6-8-11-15/h6-8,10-11,19H,5,9,12-14H2,1-4H3,(H2,18,20,21). The molecule has 5 nitrogen and oxygen atoms in total. The van der Waals surface area contributed by atoms with Gasteiger partial charge in [-0.3, -0.25) is 4.99 Å². The predicted molar refractivity (Wildman–Crippen MR) is 94.6 cm³/mol. The minimum Gasteiger partial charge on any atom is -0.385 e. The number of hydrogen-bond acceptors (Lipinski definition) is 3. The van der Waals surface area contributed by atoms with E-state index in [1.54, 1.807) is 7.11 Å². The average Bonchev–Trinajstić information content (AvgIpc) is 2.53. The van der Waals surface area contributed by atoms with Crippen LogP contribution in [-0.2, 0) is 4.74 Å². The van der Waals surface area contributed by atoms with Crippen LogP contribution in [0.25, 0.3) is 0 Å². The number of hydrogen-bond donors (Lipinski definition) is 3. The normalized spacial score (nSPS) is 12.1. The summed E-state index contributed by atoms with van der Waals surface area (Å²) in [4.78, 5) is 4.56. The van der Waals surface area contributed by atoms with Crippen molar-refractivity contribution in [3.8, 4) is 0 Å². The maximum atomic E-state index is 5.39. The Balaban J connectivity index is 2.27. The van der Waals surface area contributed by atoms with Crippen molar-refractivity contribution in [2.75, 3.05) is 38.6 Å². The van der Waals surface area contributed by atoms with E-state index in [9.17, 15) is 0 Å². The number of methoxy groups -OCH3 is 1. The minimum atomic E-state index is -0.239. The fraction of sp³-hybridized carbons (Fsp3) is 0.588. The first-order chi connectivity index (χ1) is 10.6. The van der Waals surface area contributed by atoms with Crippen LogP contribution in [0.2, 0.25) is 0 Å². The molecule has 0 spiro atoms. The summed E-state index contributed by atoms with van der Waals surface area (Å²) in [7, 11) is 1.71. The summed E-state index contributed by atoms with van der Waals surface area (Å²) < 4.78 is 5.39. The highest BCUT2D eigenvalue weighted by Gasteiger charge is 2.15. The minimum absolute atomic E-state index is 0.239. The van der Waals surface area contributed by atoms with E-state index in [1.165, 1.54) is 0 Å². The molecule has 1 rings (SSSR count). The van der Waals surface area contributed by atoms with Crippen LogP contribution in [0.3, 0.4) is 0 Å². The van der Waals surface area contributed by atoms with E-state index < -0.39 is 0 Å². The average molecular weight is 306 g/mol. The van der Waals surface area contributed by atoms with Crippen molar-refractivity contribution in [1.29, 1.82) is 0 Å². The van der Waals surface area contributed by atoms with E-state index in [4.69, 9.17) is 4.74 Å². The largest absolute Gasteiger partial charge is 0.385 e. The van der Waals surface area contributed by atoms with Crippen LogP contribution < -0.4 is 16.0 Å². The molecule has 3 N–H and O–H groups in total. The Hall–Kier alpha value is -1.75. The van der Waals surface area contributed by atoms with Crippen molar-refractivity contribution in [2.45, 2.75) is 32.8 Å². The summed E-state index contributed by atoms with van der Waals surface area (Å²) in [6.07, 6.45) is 1.02. The summed E-state index contributed by atoms with van der Waals surface area (Å²) in [5, 5.41) is 9.99. The van der Waals surface area contributed by atoms with Gasteiger partial charge in [0.05, 0.1) is 12.1 Å². The Bertz CT molecular complexity index is 432. The zero-order valence-electron chi connectivity index (χ0n) is 14.3. The molecule has 0 aliphatic carbocycles. The lowest BCUT2D eigenvalue weighted by molar-refractivity contribution is 0.0310. The number of para-hydroxylation sites is 1. The second-order valence-corrected chi connectivity index (χ2v) is 5.73. The topological polar surface area (TPSA) is 57.7 Å². The Kier molecular flexibility index (Phi) is 8.36. The van der Waals surface area contributed by atoms with E-state index in [0.717, 1.165) is 37.7 Å². The zero-order chi connectivity index (χ0) is 16.3. The van der Waals surface area contributed by atoms with Crippen LogP contribution in [0.1, 0.15) is 27.2 Å². The Morgan fingerprint density at radius 1 is 1.14 bits per heavy atom. The van der Waals surface area contributed by atoms with Gasteiger partial charge >= 0.3 is 0 Å². The molecular formula is C17H30N4O. The third kappa shape index (κ3) is 7.88. The molecule has 0 fully saturated rings. The fourth-order valence-electron chi connectivity index (χ4n) is 1.76. The Morgan fingerprint density at radius 3 is 2.50 bits per heavy atom. The van der Waals surface area contributed by atoms with Gasteiger partial charge in [0.2, 0.25) is 0 Å². The number of anilines is 1. The monoisotopic (exact) mass is 306 g/mol. The molecule has 0 unspecified atom stereocenters. The maximum absolute atomic E-state index is 5.39. The highest BCUT2D eigenvalue weighted by Crippen LogP contribution is 2.07. The molecule has 0 aliphatic rings. The van der Waals surface area contributed by atoms with Crippen LogP contribution >= 0.6 is 0 Å². The number of rotatable bonds is 9. The molecule has 0 aromatic heterocycles. The predicted octanol–water partition coefficient (Wildman–Crippen LogP) is 2.47. The number of guanidine groups is 1. The number of ether oxygens (including phenoxy) is 1. The molecule has 1 aromatic carbocycles. The van der Waals surface area contributed by atoms with E-state index in [2.05, 4.69) is 40.0 Å². The second kappa shape index (κ2) is 10.1. The maximum Gasteiger partial charge on any atom is 0.191 e. The van der Waals surface area contributed by atoms with Gasteiger partial charge in [-0.2, -0.15) is 0 Å². The summed E-state index contributed by atoms with van der Waals surface area (Å²) in [6.45, 7) is 9.41. The molecule has 0 aliphatic heterocycles. The molecule has 0 heterocycles. The lowest BCUT2D eigenvalue weighted by atomic mass is 10.1. The number of benzene rings is 1. The van der Waals surface area contributed by atoms with Gasteiger partial charge in [0.1, 0.15) is 0 Å². The number of aliphatic imine (C=N–C) groups is 1. The Morgan fingerprint density at radius 2 is 1.86 bits per heavy atom. The van der Waals surface area contributed by atoms with Crippen LogP contribution in [-0.4, -0.2) is 44.8 Å². The van der Waals surface area contributed by atoms with Crippen molar-refractivity contribution in [3.05, 3.63) is 30.3 Å². The van der Waals surface area contributed by atoms with Crippen LogP contribution in [0.15, 0.2) is 35.3 Å².